The number of nitrogens with two attached hydrogens (primary N) is 1. The molecule has 2 N–H and O–H groups in total. The standard InChI is InChI=1S/C11H16N6/c1-2-4-9(12)10-7-17(16-15-10)8-11-13-5-3-6-14-11/h3,5-7,9H,2,4,8,12H2,1H3. The highest BCUT2D eigenvalue weighted by Crippen LogP contribution is 2.11. The minimum Gasteiger partial charge on any atom is -0.323 e. The van der Waals surface area contributed by atoms with Crippen molar-refractivity contribution in [1.82, 2.24) is 25.0 Å². The second-order valence-corrected chi connectivity index (χ2v) is 3.90. The summed E-state index contributed by atoms with van der Waals surface area (Å²) in [6.45, 7) is 2.62. The van der Waals surface area contributed by atoms with E-state index in [1.807, 2.05) is 6.20 Å². The molecule has 1 atom stereocenters. The van der Waals surface area contributed by atoms with Crippen molar-refractivity contribution in [3.05, 3.63) is 36.2 Å². The second kappa shape index (κ2) is 5.49. The van der Waals surface area contributed by atoms with Crippen molar-refractivity contribution in [2.75, 3.05) is 0 Å². The second-order valence-electron chi connectivity index (χ2n) is 3.90. The SMILES string of the molecule is CCCC(N)c1cn(Cc2ncccn2)nn1. The predicted octanol–water partition coefficient (Wildman–Crippen LogP) is 0.916. The molecule has 0 aliphatic carbocycles. The van der Waals surface area contributed by atoms with Crippen molar-refractivity contribution in [2.45, 2.75) is 32.4 Å². The van der Waals surface area contributed by atoms with Crippen LogP contribution in [0, 0.1) is 0 Å². The van der Waals surface area contributed by atoms with Gasteiger partial charge in [-0.15, -0.1) is 5.10 Å². The molecule has 2 aromatic rings. The fourth-order valence-electron chi connectivity index (χ4n) is 1.58. The molecule has 0 saturated heterocycles. The average molecular weight is 232 g/mol. The van der Waals surface area contributed by atoms with Crippen molar-refractivity contribution in [3.63, 3.8) is 0 Å². The largest absolute Gasteiger partial charge is 0.323 e. The third-order valence-electron chi connectivity index (χ3n) is 2.46. The summed E-state index contributed by atoms with van der Waals surface area (Å²) >= 11 is 0. The van der Waals surface area contributed by atoms with Gasteiger partial charge in [-0.25, -0.2) is 14.6 Å². The first-order chi connectivity index (χ1) is 8.29. The molecule has 2 aromatic heterocycles. The van der Waals surface area contributed by atoms with E-state index in [9.17, 15) is 0 Å². The van der Waals surface area contributed by atoms with Gasteiger partial charge in [-0.05, 0) is 12.5 Å². The maximum absolute atomic E-state index is 5.97. The molecule has 0 aromatic carbocycles. The number of hydrogen-bond acceptors (Lipinski definition) is 5. The van der Waals surface area contributed by atoms with Gasteiger partial charge in [0, 0.05) is 12.4 Å². The van der Waals surface area contributed by atoms with Gasteiger partial charge in [0.15, 0.2) is 0 Å². The lowest BCUT2D eigenvalue weighted by Crippen LogP contribution is -2.10. The van der Waals surface area contributed by atoms with Crippen LogP contribution in [0.5, 0.6) is 0 Å². The molecule has 90 valence electrons. The van der Waals surface area contributed by atoms with E-state index in [1.165, 1.54) is 0 Å². The van der Waals surface area contributed by atoms with Crippen LogP contribution in [-0.4, -0.2) is 25.0 Å². The van der Waals surface area contributed by atoms with Gasteiger partial charge in [-0.2, -0.15) is 0 Å². The molecule has 0 saturated carbocycles. The van der Waals surface area contributed by atoms with Crippen LogP contribution >= 0.6 is 0 Å². The summed E-state index contributed by atoms with van der Waals surface area (Å²) in [5.41, 5.74) is 6.79. The molecule has 1 unspecified atom stereocenters. The number of aromatic nitrogens is 5. The highest BCUT2D eigenvalue weighted by molar-refractivity contribution is 5.00. The van der Waals surface area contributed by atoms with E-state index >= 15 is 0 Å². The van der Waals surface area contributed by atoms with Gasteiger partial charge in [0.2, 0.25) is 0 Å². The average Bonchev–Trinajstić information content (AvgIpc) is 2.79. The Morgan fingerprint density at radius 3 is 2.82 bits per heavy atom. The maximum atomic E-state index is 5.97. The minimum atomic E-state index is -0.0366. The van der Waals surface area contributed by atoms with Crippen molar-refractivity contribution in [3.8, 4) is 0 Å². The van der Waals surface area contributed by atoms with Crippen molar-refractivity contribution in [2.24, 2.45) is 5.73 Å². The van der Waals surface area contributed by atoms with Gasteiger partial charge >= 0.3 is 0 Å². The smallest absolute Gasteiger partial charge is 0.149 e. The van der Waals surface area contributed by atoms with E-state index in [1.54, 1.807) is 23.1 Å². The van der Waals surface area contributed by atoms with E-state index in [0.717, 1.165) is 18.5 Å². The Morgan fingerprint density at radius 2 is 2.12 bits per heavy atom. The molecule has 2 rings (SSSR count). The highest BCUT2D eigenvalue weighted by Gasteiger charge is 2.09. The molecule has 6 nitrogen and oxygen atoms in total. The van der Waals surface area contributed by atoms with Crippen LogP contribution in [0.25, 0.3) is 0 Å². The number of rotatable bonds is 5. The monoisotopic (exact) mass is 232 g/mol. The van der Waals surface area contributed by atoms with Crippen LogP contribution in [-0.2, 0) is 6.54 Å². The van der Waals surface area contributed by atoms with Gasteiger partial charge in [0.05, 0.1) is 17.9 Å². The first kappa shape index (κ1) is 11.7. The van der Waals surface area contributed by atoms with Gasteiger partial charge < -0.3 is 5.73 Å². The predicted molar refractivity (Wildman–Crippen MR) is 63.0 cm³/mol. The van der Waals surface area contributed by atoms with E-state index < -0.39 is 0 Å². The van der Waals surface area contributed by atoms with E-state index in [2.05, 4.69) is 27.2 Å². The van der Waals surface area contributed by atoms with E-state index in [4.69, 9.17) is 5.73 Å². The molecule has 0 aliphatic rings. The normalized spacial score (nSPS) is 12.6. The molecule has 0 radical (unpaired) electrons. The first-order valence-corrected chi connectivity index (χ1v) is 5.71. The van der Waals surface area contributed by atoms with Crippen LogP contribution in [0.3, 0.4) is 0 Å². The summed E-state index contributed by atoms with van der Waals surface area (Å²) in [6, 6.07) is 1.75. The Kier molecular flexibility index (Phi) is 3.77. The van der Waals surface area contributed by atoms with Crippen LogP contribution in [0.2, 0.25) is 0 Å². The Balaban J connectivity index is 2.04. The summed E-state index contributed by atoms with van der Waals surface area (Å²) in [5.74, 6) is 0.716. The maximum Gasteiger partial charge on any atom is 0.149 e. The van der Waals surface area contributed by atoms with Crippen LogP contribution in [0.1, 0.15) is 37.3 Å². The van der Waals surface area contributed by atoms with Gasteiger partial charge in [-0.1, -0.05) is 18.6 Å². The molecule has 2 heterocycles. The third kappa shape index (κ3) is 3.07. The highest BCUT2D eigenvalue weighted by atomic mass is 15.4. The fraction of sp³-hybridized carbons (Fsp3) is 0.455. The lowest BCUT2D eigenvalue weighted by molar-refractivity contribution is 0.613. The zero-order valence-corrected chi connectivity index (χ0v) is 9.82. The molecular formula is C11H16N6. The Labute approximate surface area is 99.9 Å². The topological polar surface area (TPSA) is 82.5 Å². The Hall–Kier alpha value is -1.82. The summed E-state index contributed by atoms with van der Waals surface area (Å²) in [5, 5.41) is 8.08. The zero-order valence-electron chi connectivity index (χ0n) is 9.82. The van der Waals surface area contributed by atoms with Crippen molar-refractivity contribution in [1.29, 1.82) is 0 Å². The molecule has 17 heavy (non-hydrogen) atoms. The number of nitrogens with zero attached hydrogens (tertiary/aromatic N) is 5. The number of hydrogen-bond donors (Lipinski definition) is 1. The summed E-state index contributed by atoms with van der Waals surface area (Å²) in [6.07, 6.45) is 7.24. The molecule has 0 amide bonds. The van der Waals surface area contributed by atoms with Crippen LogP contribution in [0.4, 0.5) is 0 Å². The summed E-state index contributed by atoms with van der Waals surface area (Å²) in [4.78, 5) is 8.27. The lowest BCUT2D eigenvalue weighted by atomic mass is 10.1. The van der Waals surface area contributed by atoms with Crippen LogP contribution in [0.15, 0.2) is 24.7 Å². The van der Waals surface area contributed by atoms with Gasteiger partial charge in [0.25, 0.3) is 0 Å². The summed E-state index contributed by atoms with van der Waals surface area (Å²) in [7, 11) is 0. The van der Waals surface area contributed by atoms with Gasteiger partial charge in [-0.3, -0.25) is 0 Å². The van der Waals surface area contributed by atoms with E-state index in [-0.39, 0.29) is 6.04 Å². The zero-order chi connectivity index (χ0) is 12.1. The van der Waals surface area contributed by atoms with Crippen LogP contribution < -0.4 is 5.73 Å². The molecule has 0 fully saturated rings. The first-order valence-electron chi connectivity index (χ1n) is 5.71. The molecule has 0 aliphatic heterocycles. The Bertz CT molecular complexity index is 452. The minimum absolute atomic E-state index is 0.0366. The fourth-order valence-corrected chi connectivity index (χ4v) is 1.58. The molecule has 0 bridgehead atoms. The molecule has 0 spiro atoms. The summed E-state index contributed by atoms with van der Waals surface area (Å²) < 4.78 is 1.71. The lowest BCUT2D eigenvalue weighted by Gasteiger charge is -2.04. The van der Waals surface area contributed by atoms with E-state index in [0.29, 0.717) is 12.4 Å². The van der Waals surface area contributed by atoms with Crippen molar-refractivity contribution < 1.29 is 0 Å². The molecule has 6 heteroatoms. The quantitative estimate of drug-likeness (QED) is 0.828. The molecular weight excluding hydrogens is 216 g/mol. The third-order valence-corrected chi connectivity index (χ3v) is 2.46. The Morgan fingerprint density at radius 1 is 1.35 bits per heavy atom. The van der Waals surface area contributed by atoms with Crippen molar-refractivity contribution >= 4 is 0 Å². The van der Waals surface area contributed by atoms with Gasteiger partial charge in [0.1, 0.15) is 12.4 Å².